The first-order valence-corrected chi connectivity index (χ1v) is 5.00. The van der Waals surface area contributed by atoms with E-state index in [1.54, 1.807) is 11.3 Å². The molecule has 0 unspecified atom stereocenters. The van der Waals surface area contributed by atoms with Crippen LogP contribution in [0.15, 0.2) is 41.9 Å². The molecule has 2 aromatic rings. The molecule has 2 rings (SSSR count). The van der Waals surface area contributed by atoms with Crippen molar-refractivity contribution in [1.29, 1.82) is 0 Å². The largest absolute Gasteiger partial charge is 0.371 e. The van der Waals surface area contributed by atoms with Crippen LogP contribution in [0.4, 0.5) is 5.00 Å². The maximum absolute atomic E-state index is 4.22. The van der Waals surface area contributed by atoms with Gasteiger partial charge in [0, 0.05) is 6.20 Å². The molecule has 2 heterocycles. The van der Waals surface area contributed by atoms with E-state index in [1.165, 1.54) is 5.00 Å². The van der Waals surface area contributed by atoms with Crippen LogP contribution in [0.25, 0.3) is 0 Å². The Morgan fingerprint density at radius 2 is 2.23 bits per heavy atom. The average molecular weight is 190 g/mol. The summed E-state index contributed by atoms with van der Waals surface area (Å²) in [4.78, 5) is 4.22. The van der Waals surface area contributed by atoms with Gasteiger partial charge < -0.3 is 5.32 Å². The molecule has 0 aromatic carbocycles. The maximum Gasteiger partial charge on any atom is 0.0885 e. The van der Waals surface area contributed by atoms with E-state index in [4.69, 9.17) is 0 Å². The predicted octanol–water partition coefficient (Wildman–Crippen LogP) is 2.76. The number of thiophene rings is 1. The zero-order valence-corrected chi connectivity index (χ0v) is 7.92. The van der Waals surface area contributed by atoms with Gasteiger partial charge in [0.25, 0.3) is 0 Å². The number of nitrogens with zero attached hydrogens (tertiary/aromatic N) is 1. The molecule has 1 N–H and O–H groups in total. The van der Waals surface area contributed by atoms with Gasteiger partial charge in [-0.05, 0) is 29.6 Å². The normalized spacial score (nSPS) is 9.85. The standard InChI is InChI=1S/C10H10N2S/c1-2-6-11-9(4-1)8-12-10-5-3-7-13-10/h1-7,12H,8H2. The van der Waals surface area contributed by atoms with Crippen molar-refractivity contribution < 1.29 is 0 Å². The molecular weight excluding hydrogens is 180 g/mol. The summed E-state index contributed by atoms with van der Waals surface area (Å²) in [7, 11) is 0. The van der Waals surface area contributed by atoms with E-state index < -0.39 is 0 Å². The Kier molecular flexibility index (Phi) is 2.57. The number of nitrogens with one attached hydrogen (secondary N) is 1. The highest BCUT2D eigenvalue weighted by Crippen LogP contribution is 2.15. The highest BCUT2D eigenvalue weighted by molar-refractivity contribution is 7.14. The van der Waals surface area contributed by atoms with E-state index >= 15 is 0 Å². The third kappa shape index (κ3) is 2.29. The number of hydrogen-bond acceptors (Lipinski definition) is 3. The SMILES string of the molecule is c1ccc(CNc2cccs2)nc1. The summed E-state index contributed by atoms with van der Waals surface area (Å²) >= 11 is 1.70. The zero-order chi connectivity index (χ0) is 8.93. The molecule has 0 spiro atoms. The average Bonchev–Trinajstić information content (AvgIpc) is 2.69. The number of rotatable bonds is 3. The van der Waals surface area contributed by atoms with Crippen molar-refractivity contribution in [2.45, 2.75) is 6.54 Å². The second-order valence-electron chi connectivity index (χ2n) is 2.65. The van der Waals surface area contributed by atoms with Crippen molar-refractivity contribution in [3.8, 4) is 0 Å². The molecule has 2 aromatic heterocycles. The Morgan fingerprint density at radius 3 is 2.92 bits per heavy atom. The van der Waals surface area contributed by atoms with Crippen LogP contribution >= 0.6 is 11.3 Å². The smallest absolute Gasteiger partial charge is 0.0885 e. The molecular formula is C10H10N2S. The van der Waals surface area contributed by atoms with E-state index in [1.807, 2.05) is 30.5 Å². The van der Waals surface area contributed by atoms with Crippen LogP contribution in [0.2, 0.25) is 0 Å². The van der Waals surface area contributed by atoms with Crippen molar-refractivity contribution in [3.05, 3.63) is 47.6 Å². The Labute approximate surface area is 81.3 Å². The van der Waals surface area contributed by atoms with Crippen LogP contribution in [0.5, 0.6) is 0 Å². The van der Waals surface area contributed by atoms with Gasteiger partial charge in [-0.3, -0.25) is 4.98 Å². The minimum atomic E-state index is 0.793. The lowest BCUT2D eigenvalue weighted by atomic mass is 10.3. The fraction of sp³-hybridized carbons (Fsp3) is 0.100. The second kappa shape index (κ2) is 4.05. The van der Waals surface area contributed by atoms with Crippen molar-refractivity contribution in [2.75, 3.05) is 5.32 Å². The zero-order valence-electron chi connectivity index (χ0n) is 7.10. The topological polar surface area (TPSA) is 24.9 Å². The number of pyridine rings is 1. The molecule has 2 nitrogen and oxygen atoms in total. The van der Waals surface area contributed by atoms with Gasteiger partial charge in [-0.2, -0.15) is 0 Å². The van der Waals surface area contributed by atoms with Crippen molar-refractivity contribution >= 4 is 16.3 Å². The summed E-state index contributed by atoms with van der Waals surface area (Å²) in [5.74, 6) is 0. The maximum atomic E-state index is 4.22. The van der Waals surface area contributed by atoms with Gasteiger partial charge in [0.15, 0.2) is 0 Å². The summed E-state index contributed by atoms with van der Waals surface area (Å²) in [5.41, 5.74) is 1.07. The molecule has 0 aliphatic heterocycles. The first-order chi connectivity index (χ1) is 6.45. The molecule has 0 fully saturated rings. The van der Waals surface area contributed by atoms with E-state index in [0.29, 0.717) is 0 Å². The molecule has 0 atom stereocenters. The van der Waals surface area contributed by atoms with E-state index in [0.717, 1.165) is 12.2 Å². The minimum absolute atomic E-state index is 0.793. The lowest BCUT2D eigenvalue weighted by Crippen LogP contribution is -1.98. The third-order valence-corrected chi connectivity index (χ3v) is 2.52. The number of aromatic nitrogens is 1. The Balaban J connectivity index is 1.94. The quantitative estimate of drug-likeness (QED) is 0.805. The number of hydrogen-bond donors (Lipinski definition) is 1. The lowest BCUT2D eigenvalue weighted by molar-refractivity contribution is 1.05. The predicted molar refractivity (Wildman–Crippen MR) is 55.9 cm³/mol. The van der Waals surface area contributed by atoms with Crippen LogP contribution in [0.1, 0.15) is 5.69 Å². The molecule has 0 aliphatic rings. The van der Waals surface area contributed by atoms with Gasteiger partial charge in [0.1, 0.15) is 0 Å². The lowest BCUT2D eigenvalue weighted by Gasteiger charge is -2.01. The first kappa shape index (κ1) is 8.26. The Bertz CT molecular complexity index is 342. The minimum Gasteiger partial charge on any atom is -0.371 e. The van der Waals surface area contributed by atoms with Gasteiger partial charge >= 0.3 is 0 Å². The molecule has 13 heavy (non-hydrogen) atoms. The van der Waals surface area contributed by atoms with E-state index in [9.17, 15) is 0 Å². The summed E-state index contributed by atoms with van der Waals surface area (Å²) in [6.07, 6.45) is 1.81. The van der Waals surface area contributed by atoms with Crippen molar-refractivity contribution in [2.24, 2.45) is 0 Å². The molecule has 0 radical (unpaired) electrons. The molecule has 66 valence electrons. The van der Waals surface area contributed by atoms with Crippen LogP contribution in [-0.4, -0.2) is 4.98 Å². The monoisotopic (exact) mass is 190 g/mol. The Morgan fingerprint density at radius 1 is 1.23 bits per heavy atom. The summed E-state index contributed by atoms with van der Waals surface area (Å²) < 4.78 is 0. The van der Waals surface area contributed by atoms with Crippen LogP contribution in [0, 0.1) is 0 Å². The van der Waals surface area contributed by atoms with Gasteiger partial charge in [-0.25, -0.2) is 0 Å². The molecule has 3 heteroatoms. The highest BCUT2D eigenvalue weighted by atomic mass is 32.1. The molecule has 0 saturated heterocycles. The molecule has 0 aliphatic carbocycles. The fourth-order valence-electron chi connectivity index (χ4n) is 1.06. The summed E-state index contributed by atoms with van der Waals surface area (Å²) in [6, 6.07) is 10.0. The van der Waals surface area contributed by atoms with Crippen LogP contribution in [-0.2, 0) is 6.54 Å². The Hall–Kier alpha value is -1.35. The third-order valence-electron chi connectivity index (χ3n) is 1.69. The second-order valence-corrected chi connectivity index (χ2v) is 3.60. The highest BCUT2D eigenvalue weighted by Gasteiger charge is 1.93. The van der Waals surface area contributed by atoms with E-state index in [-0.39, 0.29) is 0 Å². The van der Waals surface area contributed by atoms with E-state index in [2.05, 4.69) is 21.7 Å². The van der Waals surface area contributed by atoms with Crippen LogP contribution in [0.3, 0.4) is 0 Å². The van der Waals surface area contributed by atoms with Gasteiger partial charge in [0.05, 0.1) is 17.2 Å². The van der Waals surface area contributed by atoms with Gasteiger partial charge in [-0.1, -0.05) is 6.07 Å². The number of anilines is 1. The summed E-state index contributed by atoms with van der Waals surface area (Å²) in [5, 5.41) is 6.54. The van der Waals surface area contributed by atoms with Gasteiger partial charge in [-0.15, -0.1) is 11.3 Å². The van der Waals surface area contributed by atoms with Crippen LogP contribution < -0.4 is 5.32 Å². The van der Waals surface area contributed by atoms with Crippen molar-refractivity contribution in [1.82, 2.24) is 4.98 Å². The first-order valence-electron chi connectivity index (χ1n) is 4.12. The molecule has 0 amide bonds. The molecule has 0 saturated carbocycles. The molecule has 0 bridgehead atoms. The fourth-order valence-corrected chi connectivity index (χ4v) is 1.68. The summed E-state index contributed by atoms with van der Waals surface area (Å²) in [6.45, 7) is 0.793. The van der Waals surface area contributed by atoms with Gasteiger partial charge in [0.2, 0.25) is 0 Å². The van der Waals surface area contributed by atoms with Crippen molar-refractivity contribution in [3.63, 3.8) is 0 Å².